The van der Waals surface area contributed by atoms with Gasteiger partial charge in [0.25, 0.3) is 17.7 Å². The molecule has 0 aliphatic carbocycles. The van der Waals surface area contributed by atoms with Crippen LogP contribution >= 0.6 is 0 Å². The number of rotatable bonds is 6. The average Bonchev–Trinajstić information content (AvgIpc) is 3.36. The normalized spacial score (nSPS) is 17.3. The fourth-order valence-corrected chi connectivity index (χ4v) is 3.64. The van der Waals surface area contributed by atoms with Crippen LogP contribution in [0.15, 0.2) is 54.9 Å². The van der Waals surface area contributed by atoms with Gasteiger partial charge in [-0.3, -0.25) is 14.6 Å². The van der Waals surface area contributed by atoms with Crippen molar-refractivity contribution >= 4 is 11.8 Å². The molecule has 1 saturated heterocycles. The highest BCUT2D eigenvalue weighted by atomic mass is 19.3. The zero-order valence-corrected chi connectivity index (χ0v) is 17.4. The summed E-state index contributed by atoms with van der Waals surface area (Å²) < 4.78 is 29.6. The second-order valence-electron chi connectivity index (χ2n) is 7.83. The number of nitrogens with one attached hydrogen (secondary N) is 1. The number of alkyl halides is 2. The fourth-order valence-electron chi connectivity index (χ4n) is 3.64. The first-order valence-corrected chi connectivity index (χ1v) is 10.1. The van der Waals surface area contributed by atoms with Gasteiger partial charge in [0.1, 0.15) is 0 Å². The number of hydrogen-bond donors (Lipinski definition) is 1. The third kappa shape index (κ3) is 4.96. The van der Waals surface area contributed by atoms with E-state index in [0.717, 1.165) is 16.2 Å². The van der Waals surface area contributed by atoms with Crippen LogP contribution in [0.5, 0.6) is 0 Å². The van der Waals surface area contributed by atoms with Crippen LogP contribution in [0.25, 0.3) is 0 Å². The molecule has 1 aliphatic rings. The number of likely N-dealkylation sites (tertiary alicyclic amines) is 1. The van der Waals surface area contributed by atoms with Crippen LogP contribution in [0, 0.1) is 6.92 Å². The van der Waals surface area contributed by atoms with E-state index in [-0.39, 0.29) is 17.8 Å². The van der Waals surface area contributed by atoms with Crippen molar-refractivity contribution in [2.75, 3.05) is 6.54 Å². The summed E-state index contributed by atoms with van der Waals surface area (Å²) >= 11 is 0. The van der Waals surface area contributed by atoms with E-state index < -0.39 is 36.7 Å². The van der Waals surface area contributed by atoms with Gasteiger partial charge in [0.2, 0.25) is 0 Å². The van der Waals surface area contributed by atoms with Crippen molar-refractivity contribution in [3.8, 4) is 0 Å². The Balaban J connectivity index is 1.43. The summed E-state index contributed by atoms with van der Waals surface area (Å²) in [6.45, 7) is 1.43. The Hall–Kier alpha value is -3.69. The van der Waals surface area contributed by atoms with Gasteiger partial charge in [-0.2, -0.15) is 0 Å². The van der Waals surface area contributed by atoms with E-state index in [1.165, 1.54) is 17.1 Å². The predicted octanol–water partition coefficient (Wildman–Crippen LogP) is 2.46. The van der Waals surface area contributed by atoms with Gasteiger partial charge in [0.15, 0.2) is 5.69 Å². The van der Waals surface area contributed by atoms with E-state index in [1.807, 2.05) is 30.3 Å². The van der Waals surface area contributed by atoms with Crippen LogP contribution in [0.2, 0.25) is 0 Å². The number of nitrogens with zero attached hydrogens (tertiary/aromatic N) is 5. The van der Waals surface area contributed by atoms with E-state index in [9.17, 15) is 18.4 Å². The van der Waals surface area contributed by atoms with Gasteiger partial charge in [0.05, 0.1) is 30.9 Å². The molecule has 1 aliphatic heterocycles. The largest absolute Gasteiger partial charge is 0.347 e. The molecule has 2 aromatic heterocycles. The summed E-state index contributed by atoms with van der Waals surface area (Å²) in [5.74, 6) is -3.94. The van der Waals surface area contributed by atoms with E-state index in [4.69, 9.17) is 0 Å². The van der Waals surface area contributed by atoms with Gasteiger partial charge in [-0.1, -0.05) is 35.5 Å². The fraction of sp³-hybridized carbons (Fsp3) is 0.318. The Morgan fingerprint density at radius 2 is 1.97 bits per heavy atom. The predicted molar refractivity (Wildman–Crippen MR) is 111 cm³/mol. The van der Waals surface area contributed by atoms with Crippen molar-refractivity contribution in [1.29, 1.82) is 0 Å². The van der Waals surface area contributed by atoms with Crippen LogP contribution in [0.1, 0.15) is 38.5 Å². The first-order valence-electron chi connectivity index (χ1n) is 10.1. The van der Waals surface area contributed by atoms with Crippen molar-refractivity contribution < 1.29 is 18.4 Å². The van der Waals surface area contributed by atoms with Crippen LogP contribution in [0.4, 0.5) is 8.78 Å². The molecule has 32 heavy (non-hydrogen) atoms. The van der Waals surface area contributed by atoms with Gasteiger partial charge in [0, 0.05) is 24.9 Å². The number of aromatic nitrogens is 4. The lowest BCUT2D eigenvalue weighted by molar-refractivity contribution is 0.0117. The lowest BCUT2D eigenvalue weighted by Gasteiger charge is -2.23. The quantitative estimate of drug-likeness (QED) is 0.636. The minimum absolute atomic E-state index is 0.000412. The Morgan fingerprint density at radius 1 is 1.19 bits per heavy atom. The number of hydrogen-bond acceptors (Lipinski definition) is 5. The van der Waals surface area contributed by atoms with Crippen molar-refractivity contribution in [2.24, 2.45) is 0 Å². The molecule has 0 spiro atoms. The molecular weight excluding hydrogens is 418 g/mol. The minimum atomic E-state index is -3.01. The molecule has 2 amide bonds. The third-order valence-corrected chi connectivity index (χ3v) is 5.26. The highest BCUT2D eigenvalue weighted by Crippen LogP contribution is 2.33. The van der Waals surface area contributed by atoms with Gasteiger partial charge >= 0.3 is 0 Å². The highest BCUT2D eigenvalue weighted by Gasteiger charge is 2.47. The summed E-state index contributed by atoms with van der Waals surface area (Å²) in [4.78, 5) is 30.4. The number of amides is 2. The molecule has 0 radical (unpaired) electrons. The van der Waals surface area contributed by atoms with Crippen molar-refractivity contribution in [2.45, 2.75) is 38.4 Å². The molecule has 1 aromatic carbocycles. The standard InChI is InChI=1S/C22H22F2N6O2/c1-15-7-8-17(11-25-15)21(32)30-14-22(23,24)9-18(30)12-29-13-19(27-28-29)20(31)26-10-16-5-3-2-4-6-16/h2-8,11,13,18H,9-10,12,14H2,1H3,(H,26,31). The molecule has 0 bridgehead atoms. The maximum absolute atomic E-state index is 14.2. The number of aryl methyl sites for hydroxylation is 1. The smallest absolute Gasteiger partial charge is 0.273 e. The topological polar surface area (TPSA) is 93.0 Å². The molecule has 3 heterocycles. The highest BCUT2D eigenvalue weighted by molar-refractivity contribution is 5.94. The maximum atomic E-state index is 14.2. The summed E-state index contributed by atoms with van der Waals surface area (Å²) in [5, 5.41) is 10.5. The second kappa shape index (κ2) is 8.81. The molecule has 0 saturated carbocycles. The van der Waals surface area contributed by atoms with Crippen molar-refractivity contribution in [3.05, 3.63) is 77.4 Å². The molecule has 1 atom stereocenters. The molecule has 1 N–H and O–H groups in total. The molecule has 10 heteroatoms. The van der Waals surface area contributed by atoms with Gasteiger partial charge in [-0.25, -0.2) is 13.5 Å². The van der Waals surface area contributed by atoms with E-state index in [1.54, 1.807) is 19.1 Å². The molecular formula is C22H22F2N6O2. The zero-order chi connectivity index (χ0) is 22.7. The number of carbonyl (C=O) groups excluding carboxylic acids is 2. The molecule has 1 fully saturated rings. The summed E-state index contributed by atoms with van der Waals surface area (Å²) in [6.07, 6.45) is 2.29. The maximum Gasteiger partial charge on any atom is 0.273 e. The summed E-state index contributed by atoms with van der Waals surface area (Å²) in [6, 6.07) is 11.8. The molecule has 3 aromatic rings. The summed E-state index contributed by atoms with van der Waals surface area (Å²) in [5.41, 5.74) is 1.98. The van der Waals surface area contributed by atoms with E-state index >= 15 is 0 Å². The zero-order valence-electron chi connectivity index (χ0n) is 17.4. The Kier molecular flexibility index (Phi) is 5.93. The number of halogens is 2. The van der Waals surface area contributed by atoms with E-state index in [0.29, 0.717) is 6.54 Å². The third-order valence-electron chi connectivity index (χ3n) is 5.26. The van der Waals surface area contributed by atoms with E-state index in [2.05, 4.69) is 20.6 Å². The number of carbonyl (C=O) groups is 2. The van der Waals surface area contributed by atoms with Gasteiger partial charge in [-0.15, -0.1) is 5.10 Å². The Labute approximate surface area is 183 Å². The molecule has 166 valence electrons. The monoisotopic (exact) mass is 440 g/mol. The lowest BCUT2D eigenvalue weighted by atomic mass is 10.1. The molecule has 8 nitrogen and oxygen atoms in total. The van der Waals surface area contributed by atoms with Crippen molar-refractivity contribution in [1.82, 2.24) is 30.2 Å². The first-order chi connectivity index (χ1) is 15.3. The number of pyridine rings is 1. The minimum Gasteiger partial charge on any atom is -0.347 e. The Bertz CT molecular complexity index is 1100. The van der Waals surface area contributed by atoms with Crippen LogP contribution in [-0.4, -0.2) is 55.2 Å². The molecule has 4 rings (SSSR count). The average molecular weight is 440 g/mol. The number of benzene rings is 1. The van der Waals surface area contributed by atoms with Crippen molar-refractivity contribution in [3.63, 3.8) is 0 Å². The van der Waals surface area contributed by atoms with Crippen LogP contribution in [-0.2, 0) is 13.1 Å². The second-order valence-corrected chi connectivity index (χ2v) is 7.83. The van der Waals surface area contributed by atoms with Crippen LogP contribution < -0.4 is 5.32 Å². The van der Waals surface area contributed by atoms with Crippen LogP contribution in [0.3, 0.4) is 0 Å². The SMILES string of the molecule is Cc1ccc(C(=O)N2CC(F)(F)CC2Cn2cc(C(=O)NCc3ccccc3)nn2)cn1. The van der Waals surface area contributed by atoms with Gasteiger partial charge in [-0.05, 0) is 24.6 Å². The first kappa shape index (κ1) is 21.5. The molecule has 1 unspecified atom stereocenters. The van der Waals surface area contributed by atoms with Gasteiger partial charge < -0.3 is 10.2 Å². The summed E-state index contributed by atoms with van der Waals surface area (Å²) in [7, 11) is 0. The Morgan fingerprint density at radius 3 is 2.69 bits per heavy atom. The lowest BCUT2D eigenvalue weighted by Crippen LogP contribution is -2.38.